The Labute approximate surface area is 140 Å². The summed E-state index contributed by atoms with van der Waals surface area (Å²) < 4.78 is 0. The summed E-state index contributed by atoms with van der Waals surface area (Å²) in [6.45, 7) is 15.9. The van der Waals surface area contributed by atoms with E-state index in [1.54, 1.807) is 20.8 Å². The molecular weight excluding hydrogens is 303 g/mol. The van der Waals surface area contributed by atoms with E-state index in [-0.39, 0.29) is 46.5 Å². The van der Waals surface area contributed by atoms with Crippen molar-refractivity contribution in [3.63, 3.8) is 0 Å². The minimum absolute atomic E-state index is 0. The minimum Gasteiger partial charge on any atom is -1.00 e. The van der Waals surface area contributed by atoms with Gasteiger partial charge in [-0.25, -0.2) is 0 Å². The van der Waals surface area contributed by atoms with Crippen LogP contribution in [0.25, 0.3) is 0 Å². The smallest absolute Gasteiger partial charge is 1.00 e. The molecule has 104 valence electrons. The van der Waals surface area contributed by atoms with Crippen molar-refractivity contribution < 1.29 is 51.6 Å². The molecule has 0 radical (unpaired) electrons. The predicted octanol–water partition coefficient (Wildman–Crippen LogP) is -2.90. The van der Waals surface area contributed by atoms with Crippen LogP contribution in [0.4, 0.5) is 0 Å². The van der Waals surface area contributed by atoms with Crippen molar-refractivity contribution in [3.05, 3.63) is 27.8 Å². The monoisotopic (exact) mass is 326 g/mol. The standard InChI is InChI=1S/C10H15.C4H9O.2ClH.Ti/c1-6-7(2)9(4)10(5)8(6)3;1-4(2,3)5;;;/h1-5H3;1-3H3;2*1H;/q2*-1;;;+4/p-2. The van der Waals surface area contributed by atoms with Crippen molar-refractivity contribution in [1.82, 2.24) is 0 Å². The molecule has 0 amide bonds. The minimum atomic E-state index is -0.750. The molecule has 4 heteroatoms. The fourth-order valence-electron chi connectivity index (χ4n) is 1.41. The van der Waals surface area contributed by atoms with E-state index in [9.17, 15) is 5.11 Å². The average Bonchev–Trinajstić information content (AvgIpc) is 2.21. The molecule has 0 N–H and O–H groups in total. The Kier molecular flexibility index (Phi) is 15.6. The van der Waals surface area contributed by atoms with Crippen molar-refractivity contribution >= 4 is 0 Å². The van der Waals surface area contributed by atoms with Gasteiger partial charge in [0.05, 0.1) is 0 Å². The summed E-state index contributed by atoms with van der Waals surface area (Å²) in [5.74, 6) is 0. The summed E-state index contributed by atoms with van der Waals surface area (Å²) in [6.07, 6.45) is 0. The van der Waals surface area contributed by atoms with Gasteiger partial charge in [-0.05, 0) is 0 Å². The van der Waals surface area contributed by atoms with Crippen LogP contribution in [-0.2, 0) is 21.7 Å². The zero-order valence-electron chi connectivity index (χ0n) is 12.7. The number of hydrogen-bond donors (Lipinski definition) is 0. The van der Waals surface area contributed by atoms with Gasteiger partial charge in [0.15, 0.2) is 0 Å². The molecule has 0 unspecified atom stereocenters. The van der Waals surface area contributed by atoms with Crippen LogP contribution in [0.1, 0.15) is 48.6 Å². The predicted molar refractivity (Wildman–Crippen MR) is 65.5 cm³/mol. The van der Waals surface area contributed by atoms with Crippen LogP contribution in [0, 0.1) is 34.6 Å². The van der Waals surface area contributed by atoms with Crippen molar-refractivity contribution in [2.75, 3.05) is 0 Å². The molecule has 1 nitrogen and oxygen atoms in total. The van der Waals surface area contributed by atoms with Gasteiger partial charge < -0.3 is 29.9 Å². The summed E-state index contributed by atoms with van der Waals surface area (Å²) in [7, 11) is 0. The molecule has 0 spiro atoms. The van der Waals surface area contributed by atoms with Gasteiger partial charge in [-0.2, -0.15) is 27.8 Å². The second-order valence-corrected chi connectivity index (χ2v) is 5.24. The van der Waals surface area contributed by atoms with Gasteiger partial charge in [0, 0.05) is 0 Å². The molecule has 0 fully saturated rings. The molecule has 0 aliphatic heterocycles. The van der Waals surface area contributed by atoms with Crippen LogP contribution in [-0.4, -0.2) is 5.60 Å². The fraction of sp³-hybridized carbons (Fsp3) is 0.643. The van der Waals surface area contributed by atoms with Crippen LogP contribution >= 0.6 is 0 Å². The van der Waals surface area contributed by atoms with Crippen LogP contribution < -0.4 is 29.9 Å². The van der Waals surface area contributed by atoms with Gasteiger partial charge in [-0.3, -0.25) is 0 Å². The molecule has 0 atom stereocenters. The zero-order valence-corrected chi connectivity index (χ0v) is 15.7. The molecule has 0 aromatic heterocycles. The third kappa shape index (κ3) is 9.52. The normalized spacial score (nSPS) is 9.17. The third-order valence-corrected chi connectivity index (χ3v) is 2.81. The van der Waals surface area contributed by atoms with Crippen LogP contribution in [0.15, 0.2) is 0 Å². The van der Waals surface area contributed by atoms with Crippen LogP contribution in [0.3, 0.4) is 0 Å². The zero-order chi connectivity index (χ0) is 12.4. The van der Waals surface area contributed by atoms with Gasteiger partial charge in [0.25, 0.3) is 0 Å². The Morgan fingerprint density at radius 3 is 1.06 bits per heavy atom. The summed E-state index contributed by atoms with van der Waals surface area (Å²) in [6, 6.07) is 0. The van der Waals surface area contributed by atoms with Crippen molar-refractivity contribution in [2.24, 2.45) is 0 Å². The molecule has 0 aliphatic carbocycles. The van der Waals surface area contributed by atoms with E-state index in [0.717, 1.165) is 0 Å². The molecule has 0 bridgehead atoms. The van der Waals surface area contributed by atoms with E-state index >= 15 is 0 Å². The van der Waals surface area contributed by atoms with Crippen LogP contribution in [0.2, 0.25) is 0 Å². The molecule has 0 heterocycles. The third-order valence-electron chi connectivity index (χ3n) is 2.81. The first-order valence-corrected chi connectivity index (χ1v) is 5.45. The Hall–Kier alpha value is 0.604. The summed E-state index contributed by atoms with van der Waals surface area (Å²) in [4.78, 5) is 0. The van der Waals surface area contributed by atoms with Crippen LogP contribution in [0.5, 0.6) is 0 Å². The van der Waals surface area contributed by atoms with Gasteiger partial charge >= 0.3 is 21.7 Å². The molecule has 1 aromatic rings. The molecule has 18 heavy (non-hydrogen) atoms. The van der Waals surface area contributed by atoms with Gasteiger partial charge in [-0.1, -0.05) is 55.4 Å². The van der Waals surface area contributed by atoms with E-state index in [4.69, 9.17) is 0 Å². The maximum atomic E-state index is 10.1. The molecule has 0 saturated carbocycles. The van der Waals surface area contributed by atoms with Gasteiger partial charge in [0.1, 0.15) is 0 Å². The molecule has 0 aliphatic rings. The van der Waals surface area contributed by atoms with Gasteiger partial charge in [0.2, 0.25) is 0 Å². The first-order chi connectivity index (χ1) is 6.55. The quantitative estimate of drug-likeness (QED) is 0.370. The maximum absolute atomic E-state index is 10.1. The second-order valence-electron chi connectivity index (χ2n) is 5.24. The second kappa shape index (κ2) is 10.4. The first-order valence-electron chi connectivity index (χ1n) is 5.45. The number of rotatable bonds is 0. The topological polar surface area (TPSA) is 23.1 Å². The van der Waals surface area contributed by atoms with E-state index in [1.807, 2.05) is 0 Å². The molecule has 0 saturated heterocycles. The largest absolute Gasteiger partial charge is 4.00 e. The van der Waals surface area contributed by atoms with E-state index < -0.39 is 5.60 Å². The summed E-state index contributed by atoms with van der Waals surface area (Å²) >= 11 is 0. The summed E-state index contributed by atoms with van der Waals surface area (Å²) in [5.41, 5.74) is 6.59. The molecular formula is C14H24Cl2OTi. The van der Waals surface area contributed by atoms with Crippen molar-refractivity contribution in [1.29, 1.82) is 0 Å². The SMILES string of the molecule is CC(C)(C)[O-].Cc1c(C)c(C)[c-](C)c1C.[Cl-].[Cl-].[Ti+4]. The Morgan fingerprint density at radius 1 is 0.833 bits per heavy atom. The fourth-order valence-corrected chi connectivity index (χ4v) is 1.41. The van der Waals surface area contributed by atoms with E-state index in [1.165, 1.54) is 27.8 Å². The Morgan fingerprint density at radius 2 is 1.00 bits per heavy atom. The van der Waals surface area contributed by atoms with Crippen molar-refractivity contribution in [3.8, 4) is 0 Å². The van der Waals surface area contributed by atoms with E-state index in [0.29, 0.717) is 0 Å². The molecule has 1 aromatic carbocycles. The van der Waals surface area contributed by atoms with Gasteiger partial charge in [-0.15, -0.1) is 5.60 Å². The van der Waals surface area contributed by atoms with E-state index in [2.05, 4.69) is 34.6 Å². The average molecular weight is 327 g/mol. The number of hydrogen-bond acceptors (Lipinski definition) is 1. The maximum Gasteiger partial charge on any atom is 4.00 e. The Balaban J connectivity index is -0.000000109. The number of halogens is 2. The first kappa shape index (κ1) is 27.0. The molecule has 1 rings (SSSR count). The Bertz CT molecular complexity index is 252. The van der Waals surface area contributed by atoms with Crippen molar-refractivity contribution in [2.45, 2.75) is 61.0 Å². The summed E-state index contributed by atoms with van der Waals surface area (Å²) in [5, 5.41) is 10.1.